The predicted molar refractivity (Wildman–Crippen MR) is 121 cm³/mol. The van der Waals surface area contributed by atoms with Crippen molar-refractivity contribution >= 4 is 44.0 Å². The summed E-state index contributed by atoms with van der Waals surface area (Å²) in [5.74, 6) is -0.771. The Morgan fingerprint density at radius 1 is 1.19 bits per heavy atom. The Morgan fingerprint density at radius 3 is 2.59 bits per heavy atom. The number of nitrogens with one attached hydrogen (secondary N) is 1. The second-order valence-corrected chi connectivity index (χ2v) is 10.8. The molecule has 1 saturated heterocycles. The molecule has 4 rings (SSSR count). The fourth-order valence-electron chi connectivity index (χ4n) is 3.52. The molecule has 0 saturated carbocycles. The van der Waals surface area contributed by atoms with Crippen LogP contribution in [0.2, 0.25) is 5.15 Å². The fraction of sp³-hybridized carbons (Fsp3) is 0.286. The third kappa shape index (κ3) is 5.15. The van der Waals surface area contributed by atoms with Gasteiger partial charge in [0, 0.05) is 42.7 Å². The largest absolute Gasteiger partial charge is 0.302 e. The summed E-state index contributed by atoms with van der Waals surface area (Å²) in [6.45, 7) is 0.443. The van der Waals surface area contributed by atoms with Crippen molar-refractivity contribution in [2.24, 2.45) is 5.92 Å². The van der Waals surface area contributed by atoms with E-state index >= 15 is 0 Å². The van der Waals surface area contributed by atoms with Gasteiger partial charge < -0.3 is 5.32 Å². The first-order valence-corrected chi connectivity index (χ1v) is 12.6. The van der Waals surface area contributed by atoms with Crippen molar-refractivity contribution < 1.29 is 17.6 Å². The van der Waals surface area contributed by atoms with E-state index in [2.05, 4.69) is 15.3 Å². The Hall–Kier alpha value is -2.40. The van der Waals surface area contributed by atoms with E-state index in [9.17, 15) is 17.6 Å². The summed E-state index contributed by atoms with van der Waals surface area (Å²) in [4.78, 5) is 21.7. The number of halogens is 2. The van der Waals surface area contributed by atoms with Gasteiger partial charge >= 0.3 is 0 Å². The van der Waals surface area contributed by atoms with Crippen LogP contribution in [0.1, 0.15) is 23.3 Å². The van der Waals surface area contributed by atoms with Crippen LogP contribution in [0, 0.1) is 11.7 Å². The molecular weight excluding hydrogens is 475 g/mol. The van der Waals surface area contributed by atoms with Crippen molar-refractivity contribution in [2.75, 3.05) is 18.4 Å². The van der Waals surface area contributed by atoms with Gasteiger partial charge in [0.1, 0.15) is 15.9 Å². The average molecular weight is 495 g/mol. The normalized spacial score (nSPS) is 15.6. The molecule has 1 amide bonds. The quantitative estimate of drug-likeness (QED) is 0.523. The molecule has 0 unspecified atom stereocenters. The summed E-state index contributed by atoms with van der Waals surface area (Å²) >= 11 is 7.32. The molecule has 0 aliphatic carbocycles. The van der Waals surface area contributed by atoms with Crippen LogP contribution in [0.4, 0.5) is 9.52 Å². The smallest absolute Gasteiger partial charge is 0.246 e. The first-order valence-electron chi connectivity index (χ1n) is 9.93. The molecule has 0 bridgehead atoms. The third-order valence-electron chi connectivity index (χ3n) is 5.24. The lowest BCUT2D eigenvalue weighted by Crippen LogP contribution is -2.41. The molecule has 168 valence electrons. The number of rotatable bonds is 6. The van der Waals surface area contributed by atoms with E-state index in [1.165, 1.54) is 46.1 Å². The summed E-state index contributed by atoms with van der Waals surface area (Å²) in [6.07, 6.45) is 4.52. The minimum absolute atomic E-state index is 0.0268. The van der Waals surface area contributed by atoms with Crippen molar-refractivity contribution in [3.8, 4) is 0 Å². The molecule has 11 heteroatoms. The summed E-state index contributed by atoms with van der Waals surface area (Å²) in [5.41, 5.74) is 0.954. The van der Waals surface area contributed by atoms with E-state index in [1.54, 1.807) is 18.3 Å². The number of hydrogen-bond acceptors (Lipinski definition) is 6. The summed E-state index contributed by atoms with van der Waals surface area (Å²) < 4.78 is 40.0. The van der Waals surface area contributed by atoms with Crippen LogP contribution in [-0.2, 0) is 21.2 Å². The lowest BCUT2D eigenvalue weighted by molar-refractivity contribution is -0.120. The molecule has 1 aliphatic rings. The third-order valence-corrected chi connectivity index (χ3v) is 8.50. The first-order chi connectivity index (χ1) is 15.3. The Labute approximate surface area is 194 Å². The highest BCUT2D eigenvalue weighted by molar-refractivity contribution is 7.89. The molecular formula is C21H20ClFN4O3S2. The zero-order valence-electron chi connectivity index (χ0n) is 16.9. The van der Waals surface area contributed by atoms with Gasteiger partial charge in [-0.1, -0.05) is 23.7 Å². The van der Waals surface area contributed by atoms with Gasteiger partial charge in [0.15, 0.2) is 5.13 Å². The maximum atomic E-state index is 13.0. The molecule has 0 spiro atoms. The molecule has 2 aromatic heterocycles. The number of carbonyl (C=O) groups is 1. The molecule has 32 heavy (non-hydrogen) atoms. The van der Waals surface area contributed by atoms with Gasteiger partial charge in [0.2, 0.25) is 15.9 Å². The van der Waals surface area contributed by atoms with Crippen molar-refractivity contribution in [3.63, 3.8) is 0 Å². The number of sulfonamides is 1. The van der Waals surface area contributed by atoms with Gasteiger partial charge in [-0.15, -0.1) is 11.3 Å². The van der Waals surface area contributed by atoms with Crippen LogP contribution >= 0.6 is 22.9 Å². The molecule has 1 aromatic carbocycles. The van der Waals surface area contributed by atoms with Crippen LogP contribution in [0.15, 0.2) is 53.7 Å². The molecule has 3 aromatic rings. The number of benzene rings is 1. The van der Waals surface area contributed by atoms with Crippen molar-refractivity contribution in [3.05, 3.63) is 70.2 Å². The Morgan fingerprint density at radius 2 is 1.91 bits per heavy atom. The summed E-state index contributed by atoms with van der Waals surface area (Å²) in [6, 6.07) is 9.20. The van der Waals surface area contributed by atoms with E-state index in [1.807, 2.05) is 0 Å². The standard InChI is InChI=1S/C21H20ClFN4O3S2/c22-19-18(2-1-9-24-19)32(29,30)27-10-7-15(8-11-27)20(28)26-21-25-13-17(31-21)12-14-3-5-16(23)6-4-14/h1-6,9,13,15H,7-8,10-12H2,(H,25,26,28). The van der Waals surface area contributed by atoms with Gasteiger partial charge in [-0.25, -0.2) is 22.8 Å². The number of amides is 1. The SMILES string of the molecule is O=C(Nc1ncc(Cc2ccc(F)cc2)s1)C1CCN(S(=O)(=O)c2cccnc2Cl)CC1. The van der Waals surface area contributed by atoms with Crippen LogP contribution in [0.3, 0.4) is 0 Å². The zero-order valence-corrected chi connectivity index (χ0v) is 19.3. The van der Waals surface area contributed by atoms with Crippen molar-refractivity contribution in [1.82, 2.24) is 14.3 Å². The van der Waals surface area contributed by atoms with Gasteiger partial charge in [-0.2, -0.15) is 4.31 Å². The predicted octanol–water partition coefficient (Wildman–Crippen LogP) is 3.96. The number of thiazole rings is 1. The number of hydrogen-bond donors (Lipinski definition) is 1. The average Bonchev–Trinajstić information content (AvgIpc) is 3.22. The zero-order chi connectivity index (χ0) is 22.7. The molecule has 1 fully saturated rings. The highest BCUT2D eigenvalue weighted by atomic mass is 35.5. The van der Waals surface area contributed by atoms with E-state index in [4.69, 9.17) is 11.6 Å². The Balaban J connectivity index is 1.33. The van der Waals surface area contributed by atoms with Crippen molar-refractivity contribution in [2.45, 2.75) is 24.2 Å². The van der Waals surface area contributed by atoms with Gasteiger partial charge in [-0.3, -0.25) is 4.79 Å². The molecule has 0 atom stereocenters. The second kappa shape index (κ2) is 9.62. The van der Waals surface area contributed by atoms with Crippen LogP contribution in [-0.4, -0.2) is 41.7 Å². The monoisotopic (exact) mass is 494 g/mol. The maximum Gasteiger partial charge on any atom is 0.246 e. The van der Waals surface area contributed by atoms with Gasteiger partial charge in [0.05, 0.1) is 0 Å². The lowest BCUT2D eigenvalue weighted by Gasteiger charge is -2.30. The number of piperidine rings is 1. The number of anilines is 1. The van der Waals surface area contributed by atoms with Gasteiger partial charge in [-0.05, 0) is 42.7 Å². The highest BCUT2D eigenvalue weighted by Crippen LogP contribution is 2.28. The molecule has 7 nitrogen and oxygen atoms in total. The summed E-state index contributed by atoms with van der Waals surface area (Å²) in [5, 5.41) is 3.26. The number of aromatic nitrogens is 2. The first kappa shape index (κ1) is 22.8. The topological polar surface area (TPSA) is 92.3 Å². The number of nitrogens with zero attached hydrogens (tertiary/aromatic N) is 3. The van der Waals surface area contributed by atoms with Crippen LogP contribution in [0.25, 0.3) is 0 Å². The van der Waals surface area contributed by atoms with Crippen LogP contribution < -0.4 is 5.32 Å². The van der Waals surface area contributed by atoms with E-state index in [0.29, 0.717) is 24.4 Å². The fourth-order valence-corrected chi connectivity index (χ4v) is 6.27. The number of pyridine rings is 1. The highest BCUT2D eigenvalue weighted by Gasteiger charge is 2.33. The van der Waals surface area contributed by atoms with E-state index < -0.39 is 10.0 Å². The second-order valence-electron chi connectivity index (χ2n) is 7.39. The Bertz CT molecular complexity index is 1210. The van der Waals surface area contributed by atoms with Crippen LogP contribution in [0.5, 0.6) is 0 Å². The van der Waals surface area contributed by atoms with E-state index in [-0.39, 0.29) is 40.8 Å². The summed E-state index contributed by atoms with van der Waals surface area (Å²) in [7, 11) is -3.76. The van der Waals surface area contributed by atoms with Gasteiger partial charge in [0.25, 0.3) is 0 Å². The maximum absolute atomic E-state index is 13.0. The Kier molecular flexibility index (Phi) is 6.85. The molecule has 0 radical (unpaired) electrons. The lowest BCUT2D eigenvalue weighted by atomic mass is 9.97. The molecule has 3 heterocycles. The molecule has 1 aliphatic heterocycles. The minimum atomic E-state index is -3.76. The minimum Gasteiger partial charge on any atom is -0.302 e. The number of carbonyl (C=O) groups excluding carboxylic acids is 1. The van der Waals surface area contributed by atoms with Crippen molar-refractivity contribution in [1.29, 1.82) is 0 Å². The van der Waals surface area contributed by atoms with E-state index in [0.717, 1.165) is 10.4 Å². The molecule has 1 N–H and O–H groups in total.